The highest BCUT2D eigenvalue weighted by atomic mass is 35.5. The van der Waals surface area contributed by atoms with Crippen LogP contribution in [-0.4, -0.2) is 38.4 Å². The fourth-order valence-corrected chi connectivity index (χ4v) is 1.13. The molecule has 1 aromatic rings. The molecule has 0 fully saturated rings. The molecule has 0 radical (unpaired) electrons. The molecule has 15 heavy (non-hydrogen) atoms. The average molecular weight is 233 g/mol. The van der Waals surface area contributed by atoms with E-state index in [1.165, 1.54) is 0 Å². The highest BCUT2D eigenvalue weighted by Crippen LogP contribution is 2.07. The summed E-state index contributed by atoms with van der Waals surface area (Å²) in [7, 11) is 0. The number of carbonyl (C=O) groups is 2. The van der Waals surface area contributed by atoms with Crippen LogP contribution in [0.3, 0.4) is 0 Å². The van der Waals surface area contributed by atoms with E-state index in [2.05, 4.69) is 20.7 Å². The summed E-state index contributed by atoms with van der Waals surface area (Å²) in [4.78, 5) is 21.7. The van der Waals surface area contributed by atoms with E-state index in [1.807, 2.05) is 0 Å². The van der Waals surface area contributed by atoms with Crippen LogP contribution in [0.25, 0.3) is 0 Å². The van der Waals surface area contributed by atoms with E-state index in [-0.39, 0.29) is 17.3 Å². The summed E-state index contributed by atoms with van der Waals surface area (Å²) in [5.74, 6) is -1.54. The minimum atomic E-state index is -0.992. The van der Waals surface area contributed by atoms with Crippen molar-refractivity contribution < 1.29 is 14.7 Å². The molecular formula is C7H9ClN4O3. The van der Waals surface area contributed by atoms with Crippen LogP contribution >= 0.6 is 11.6 Å². The van der Waals surface area contributed by atoms with Crippen LogP contribution in [0.15, 0.2) is 0 Å². The topological polar surface area (TPSA) is 108 Å². The van der Waals surface area contributed by atoms with Crippen molar-refractivity contribution >= 4 is 23.5 Å². The number of amides is 1. The first-order valence-electron chi connectivity index (χ1n) is 4.09. The molecule has 0 aliphatic heterocycles. The Labute approximate surface area is 89.8 Å². The Balaban J connectivity index is 2.56. The van der Waals surface area contributed by atoms with Gasteiger partial charge in [-0.3, -0.25) is 9.59 Å². The van der Waals surface area contributed by atoms with E-state index in [4.69, 9.17) is 16.7 Å². The normalized spacial score (nSPS) is 12.1. The molecule has 8 heteroatoms. The van der Waals surface area contributed by atoms with Crippen molar-refractivity contribution in [3.63, 3.8) is 0 Å². The molecule has 0 aliphatic carbocycles. The van der Waals surface area contributed by atoms with E-state index in [0.717, 1.165) is 0 Å². The monoisotopic (exact) mass is 232 g/mol. The Morgan fingerprint density at radius 2 is 2.27 bits per heavy atom. The maximum absolute atomic E-state index is 11.4. The van der Waals surface area contributed by atoms with E-state index in [9.17, 15) is 9.59 Å². The van der Waals surface area contributed by atoms with Gasteiger partial charge in [-0.15, -0.1) is 10.2 Å². The number of hydrogen-bond donors (Lipinski definition) is 3. The van der Waals surface area contributed by atoms with Crippen LogP contribution in [0.2, 0.25) is 5.15 Å². The minimum absolute atomic E-state index is 0.0463. The molecule has 0 bridgehead atoms. The average Bonchev–Trinajstić information content (AvgIpc) is 2.49. The largest absolute Gasteiger partial charge is 0.481 e. The van der Waals surface area contributed by atoms with E-state index < -0.39 is 17.9 Å². The number of aromatic nitrogens is 3. The molecule has 0 aliphatic rings. The summed E-state index contributed by atoms with van der Waals surface area (Å²) < 4.78 is 0. The van der Waals surface area contributed by atoms with Crippen molar-refractivity contribution in [3.8, 4) is 0 Å². The van der Waals surface area contributed by atoms with Crippen LogP contribution in [-0.2, 0) is 4.79 Å². The number of aliphatic carboxylic acids is 1. The first kappa shape index (κ1) is 11.4. The second-order valence-corrected chi connectivity index (χ2v) is 3.29. The molecule has 1 atom stereocenters. The van der Waals surface area contributed by atoms with Gasteiger partial charge in [0.25, 0.3) is 5.91 Å². The Hall–Kier alpha value is -1.63. The molecule has 1 rings (SSSR count). The number of H-pyrrole nitrogens is 1. The molecule has 82 valence electrons. The number of hydrogen-bond acceptors (Lipinski definition) is 4. The third-order valence-electron chi connectivity index (χ3n) is 1.58. The molecule has 1 amide bonds. The second kappa shape index (κ2) is 4.74. The first-order valence-corrected chi connectivity index (χ1v) is 4.47. The Bertz CT molecular complexity index is 378. The molecule has 1 heterocycles. The zero-order chi connectivity index (χ0) is 11.4. The van der Waals surface area contributed by atoms with Gasteiger partial charge in [-0.05, 0) is 6.92 Å². The highest BCUT2D eigenvalue weighted by molar-refractivity contribution is 6.32. The summed E-state index contributed by atoms with van der Waals surface area (Å²) in [6, 6.07) is -0.497. The van der Waals surface area contributed by atoms with Gasteiger partial charge in [-0.1, -0.05) is 11.6 Å². The molecular weight excluding hydrogens is 224 g/mol. The van der Waals surface area contributed by atoms with Gasteiger partial charge in [0.05, 0.1) is 6.42 Å². The summed E-state index contributed by atoms with van der Waals surface area (Å²) in [5.41, 5.74) is -0.0473. The number of carboxylic acid groups (broad SMARTS) is 1. The lowest BCUT2D eigenvalue weighted by molar-refractivity contribution is -0.137. The molecule has 3 N–H and O–H groups in total. The molecule has 0 unspecified atom stereocenters. The molecule has 0 spiro atoms. The van der Waals surface area contributed by atoms with Gasteiger partial charge in [0, 0.05) is 6.04 Å². The van der Waals surface area contributed by atoms with Gasteiger partial charge in [0.1, 0.15) is 0 Å². The van der Waals surface area contributed by atoms with Crippen molar-refractivity contribution in [3.05, 3.63) is 10.8 Å². The molecule has 0 aromatic carbocycles. The third kappa shape index (κ3) is 3.21. The van der Waals surface area contributed by atoms with Gasteiger partial charge in [-0.2, -0.15) is 5.21 Å². The maximum Gasteiger partial charge on any atom is 0.305 e. The smallest absolute Gasteiger partial charge is 0.305 e. The minimum Gasteiger partial charge on any atom is -0.481 e. The van der Waals surface area contributed by atoms with Gasteiger partial charge in [-0.25, -0.2) is 0 Å². The number of carboxylic acids is 1. The summed E-state index contributed by atoms with van der Waals surface area (Å²) in [6.07, 6.45) is -0.165. The van der Waals surface area contributed by atoms with Crippen molar-refractivity contribution in [2.24, 2.45) is 0 Å². The lowest BCUT2D eigenvalue weighted by Crippen LogP contribution is -2.34. The van der Waals surface area contributed by atoms with Crippen LogP contribution in [0.4, 0.5) is 0 Å². The van der Waals surface area contributed by atoms with Gasteiger partial charge < -0.3 is 10.4 Å². The Kier molecular flexibility index (Phi) is 3.62. The highest BCUT2D eigenvalue weighted by Gasteiger charge is 2.17. The van der Waals surface area contributed by atoms with Crippen LogP contribution < -0.4 is 5.32 Å². The number of halogens is 1. The maximum atomic E-state index is 11.4. The summed E-state index contributed by atoms with van der Waals surface area (Å²) in [6.45, 7) is 1.57. The molecule has 1 aromatic heterocycles. The predicted molar refractivity (Wildman–Crippen MR) is 50.6 cm³/mol. The van der Waals surface area contributed by atoms with Gasteiger partial charge >= 0.3 is 5.97 Å². The van der Waals surface area contributed by atoms with Crippen LogP contribution in [0.5, 0.6) is 0 Å². The van der Waals surface area contributed by atoms with Crippen molar-refractivity contribution in [1.29, 1.82) is 0 Å². The Morgan fingerprint density at radius 3 is 2.73 bits per heavy atom. The SMILES string of the molecule is C[C@H](CC(=O)O)NC(=O)c1n[nH]nc1Cl. The standard InChI is InChI=1S/C7H9ClN4O3/c1-3(2-4(13)14)9-7(15)5-6(8)11-12-10-5/h3H,2H2,1H3,(H,9,15)(H,13,14)(H,10,11,12)/t3-/m1/s1. The Morgan fingerprint density at radius 1 is 1.60 bits per heavy atom. The lowest BCUT2D eigenvalue weighted by Gasteiger charge is -2.09. The van der Waals surface area contributed by atoms with Crippen molar-refractivity contribution in [1.82, 2.24) is 20.7 Å². The fraction of sp³-hybridized carbons (Fsp3) is 0.429. The number of nitrogens with one attached hydrogen (secondary N) is 2. The van der Waals surface area contributed by atoms with Crippen LogP contribution in [0, 0.1) is 0 Å². The van der Waals surface area contributed by atoms with Crippen LogP contribution in [0.1, 0.15) is 23.8 Å². The second-order valence-electron chi connectivity index (χ2n) is 2.94. The van der Waals surface area contributed by atoms with Gasteiger partial charge in [0.15, 0.2) is 10.8 Å². The van der Waals surface area contributed by atoms with E-state index in [0.29, 0.717) is 0 Å². The quantitative estimate of drug-likeness (QED) is 0.680. The summed E-state index contributed by atoms with van der Waals surface area (Å²) in [5, 5.41) is 20.0. The number of rotatable bonds is 4. The van der Waals surface area contributed by atoms with E-state index >= 15 is 0 Å². The van der Waals surface area contributed by atoms with Crippen molar-refractivity contribution in [2.75, 3.05) is 0 Å². The first-order chi connectivity index (χ1) is 7.00. The van der Waals surface area contributed by atoms with Gasteiger partial charge in [0.2, 0.25) is 0 Å². The predicted octanol–water partition coefficient (Wildman–Crippen LogP) is 0.0511. The number of nitrogens with zero attached hydrogens (tertiary/aromatic N) is 2. The van der Waals surface area contributed by atoms with Crippen molar-refractivity contribution in [2.45, 2.75) is 19.4 Å². The molecule has 0 saturated heterocycles. The zero-order valence-corrected chi connectivity index (χ0v) is 8.58. The van der Waals surface area contributed by atoms with E-state index in [1.54, 1.807) is 6.92 Å². The summed E-state index contributed by atoms with van der Waals surface area (Å²) >= 11 is 5.54. The third-order valence-corrected chi connectivity index (χ3v) is 1.84. The fourth-order valence-electron chi connectivity index (χ4n) is 0.968. The zero-order valence-electron chi connectivity index (χ0n) is 7.82. The lowest BCUT2D eigenvalue weighted by atomic mass is 10.2. The molecule has 7 nitrogen and oxygen atoms in total. The number of aromatic amines is 1. The number of carbonyl (C=O) groups excluding carboxylic acids is 1. The molecule has 0 saturated carbocycles.